The molecule has 5 heteroatoms. The van der Waals surface area contributed by atoms with E-state index in [2.05, 4.69) is 6.92 Å². The van der Waals surface area contributed by atoms with Gasteiger partial charge in [-0.1, -0.05) is 6.92 Å². The number of ether oxygens (including phenoxy) is 2. The van der Waals surface area contributed by atoms with E-state index in [0.29, 0.717) is 5.92 Å². The molecule has 1 heterocycles. The molecule has 1 atom stereocenters. The Hall–Kier alpha value is -2.04. The van der Waals surface area contributed by atoms with Crippen molar-refractivity contribution in [3.63, 3.8) is 0 Å². The number of nitrogens with zero attached hydrogens (tertiary/aromatic N) is 1. The molecule has 0 unspecified atom stereocenters. The van der Waals surface area contributed by atoms with Gasteiger partial charge in [-0.05, 0) is 55.9 Å². The van der Waals surface area contributed by atoms with Crippen LogP contribution in [0, 0.1) is 5.92 Å². The highest BCUT2D eigenvalue weighted by atomic mass is 16.6. The lowest BCUT2D eigenvalue weighted by atomic mass is 9.67. The second-order valence-electron chi connectivity index (χ2n) is 6.65. The van der Waals surface area contributed by atoms with Crippen molar-refractivity contribution in [2.75, 3.05) is 12.0 Å². The van der Waals surface area contributed by atoms with Crippen molar-refractivity contribution in [2.24, 2.45) is 5.92 Å². The van der Waals surface area contributed by atoms with Gasteiger partial charge in [0.15, 0.2) is 0 Å². The maximum absolute atomic E-state index is 12.6. The maximum Gasteiger partial charge on any atom is 0.303 e. The number of hydrogen-bond acceptors (Lipinski definition) is 4. The lowest BCUT2D eigenvalue weighted by Crippen LogP contribution is -2.76. The Morgan fingerprint density at radius 1 is 1.22 bits per heavy atom. The number of benzene rings is 1. The number of anilines is 1. The zero-order valence-electron chi connectivity index (χ0n) is 13.9. The Morgan fingerprint density at radius 2 is 1.83 bits per heavy atom. The summed E-state index contributed by atoms with van der Waals surface area (Å²) in [5, 5.41) is 0. The quantitative estimate of drug-likeness (QED) is 0.635. The van der Waals surface area contributed by atoms with E-state index in [1.54, 1.807) is 7.11 Å². The molecule has 0 radical (unpaired) electrons. The molecule has 2 fully saturated rings. The Kier molecular flexibility index (Phi) is 4.04. The lowest BCUT2D eigenvalue weighted by Gasteiger charge is -2.58. The second-order valence-corrected chi connectivity index (χ2v) is 6.65. The molecule has 124 valence electrons. The molecule has 1 saturated heterocycles. The van der Waals surface area contributed by atoms with Gasteiger partial charge in [-0.3, -0.25) is 14.5 Å². The van der Waals surface area contributed by atoms with Crippen LogP contribution in [0.4, 0.5) is 5.69 Å². The van der Waals surface area contributed by atoms with E-state index >= 15 is 0 Å². The highest BCUT2D eigenvalue weighted by Crippen LogP contribution is 2.49. The van der Waals surface area contributed by atoms with Gasteiger partial charge < -0.3 is 9.47 Å². The largest absolute Gasteiger partial charge is 0.497 e. The first-order valence-electron chi connectivity index (χ1n) is 8.13. The summed E-state index contributed by atoms with van der Waals surface area (Å²) in [7, 11) is 1.62. The Morgan fingerprint density at radius 3 is 2.35 bits per heavy atom. The Labute approximate surface area is 136 Å². The van der Waals surface area contributed by atoms with Gasteiger partial charge in [0, 0.05) is 12.6 Å². The van der Waals surface area contributed by atoms with E-state index in [1.165, 1.54) is 6.92 Å². The van der Waals surface area contributed by atoms with Crippen LogP contribution in [-0.4, -0.2) is 30.6 Å². The van der Waals surface area contributed by atoms with E-state index < -0.39 is 12.1 Å². The first kappa shape index (κ1) is 15.8. The predicted octanol–water partition coefficient (Wildman–Crippen LogP) is 2.92. The van der Waals surface area contributed by atoms with E-state index in [9.17, 15) is 9.59 Å². The minimum Gasteiger partial charge on any atom is -0.497 e. The van der Waals surface area contributed by atoms with Crippen LogP contribution < -0.4 is 9.64 Å². The van der Waals surface area contributed by atoms with Gasteiger partial charge in [-0.25, -0.2) is 0 Å². The molecule has 1 aromatic rings. The number of amides is 1. The van der Waals surface area contributed by atoms with Crippen molar-refractivity contribution in [3.8, 4) is 5.75 Å². The van der Waals surface area contributed by atoms with Gasteiger partial charge >= 0.3 is 5.97 Å². The average molecular weight is 317 g/mol. The van der Waals surface area contributed by atoms with Crippen molar-refractivity contribution in [3.05, 3.63) is 24.3 Å². The van der Waals surface area contributed by atoms with Gasteiger partial charge in [0.25, 0.3) is 5.91 Å². The summed E-state index contributed by atoms with van der Waals surface area (Å²) >= 11 is 0. The minimum absolute atomic E-state index is 0.125. The smallest absolute Gasteiger partial charge is 0.303 e. The molecule has 1 aliphatic heterocycles. The standard InChI is InChI=1S/C18H23NO4/c1-12-8-10-18(11-9-12)16(23-13(2)20)17(21)19(18)14-4-6-15(22-3)7-5-14/h4-7,12,16H,8-11H2,1-3H3/t12?,16-,18?/m1/s1. The maximum atomic E-state index is 12.6. The van der Waals surface area contributed by atoms with Crippen LogP contribution in [0.1, 0.15) is 39.5 Å². The van der Waals surface area contributed by atoms with Crippen LogP contribution in [0.15, 0.2) is 24.3 Å². The third-order valence-corrected chi connectivity index (χ3v) is 5.13. The molecular weight excluding hydrogens is 294 g/mol. The average Bonchev–Trinajstić information content (AvgIpc) is 2.55. The fraction of sp³-hybridized carbons (Fsp3) is 0.556. The van der Waals surface area contributed by atoms with E-state index in [0.717, 1.165) is 37.1 Å². The molecular formula is C18H23NO4. The fourth-order valence-electron chi connectivity index (χ4n) is 3.81. The zero-order valence-corrected chi connectivity index (χ0v) is 13.9. The summed E-state index contributed by atoms with van der Waals surface area (Å²) in [6.45, 7) is 3.59. The van der Waals surface area contributed by atoms with Crippen molar-refractivity contribution >= 4 is 17.6 Å². The third-order valence-electron chi connectivity index (χ3n) is 5.13. The van der Waals surface area contributed by atoms with Crippen LogP contribution >= 0.6 is 0 Å². The highest BCUT2D eigenvalue weighted by Gasteiger charge is 2.63. The number of rotatable bonds is 3. The summed E-state index contributed by atoms with van der Waals surface area (Å²) in [6.07, 6.45) is 3.16. The molecule has 2 aliphatic rings. The van der Waals surface area contributed by atoms with Gasteiger partial charge in [-0.2, -0.15) is 0 Å². The van der Waals surface area contributed by atoms with Gasteiger partial charge in [0.05, 0.1) is 12.6 Å². The predicted molar refractivity (Wildman–Crippen MR) is 86.4 cm³/mol. The van der Waals surface area contributed by atoms with Crippen molar-refractivity contribution in [1.82, 2.24) is 0 Å². The zero-order chi connectivity index (χ0) is 16.6. The molecule has 0 aromatic heterocycles. The molecule has 23 heavy (non-hydrogen) atoms. The molecule has 5 nitrogen and oxygen atoms in total. The first-order chi connectivity index (χ1) is 11.0. The monoisotopic (exact) mass is 317 g/mol. The van der Waals surface area contributed by atoms with Gasteiger partial charge in [0.1, 0.15) is 5.75 Å². The van der Waals surface area contributed by atoms with Crippen molar-refractivity contribution < 1.29 is 19.1 Å². The molecule has 1 amide bonds. The van der Waals surface area contributed by atoms with Crippen LogP contribution in [0.25, 0.3) is 0 Å². The fourth-order valence-corrected chi connectivity index (χ4v) is 3.81. The van der Waals surface area contributed by atoms with Gasteiger partial charge in [-0.15, -0.1) is 0 Å². The SMILES string of the molecule is COc1ccc(N2C(=O)[C@@H](OC(C)=O)C23CCC(C)CC3)cc1. The summed E-state index contributed by atoms with van der Waals surface area (Å²) in [5.74, 6) is 0.882. The van der Waals surface area contributed by atoms with Crippen LogP contribution in [0.3, 0.4) is 0 Å². The van der Waals surface area contributed by atoms with Crippen LogP contribution in [0.5, 0.6) is 5.75 Å². The Bertz CT molecular complexity index is 602. The summed E-state index contributed by atoms with van der Waals surface area (Å²) < 4.78 is 10.5. The number of carbonyl (C=O) groups excluding carboxylic acids is 2. The topological polar surface area (TPSA) is 55.8 Å². The first-order valence-corrected chi connectivity index (χ1v) is 8.13. The highest BCUT2D eigenvalue weighted by molar-refractivity contribution is 6.07. The molecule has 0 N–H and O–H groups in total. The molecule has 1 aromatic carbocycles. The normalized spacial score (nSPS) is 30.0. The lowest BCUT2D eigenvalue weighted by molar-refractivity contribution is -0.169. The number of methoxy groups -OCH3 is 1. The number of hydrogen-bond donors (Lipinski definition) is 0. The third kappa shape index (κ3) is 2.58. The number of esters is 1. The number of β-lactam (4-membered cyclic amide) rings is 1. The molecule has 1 saturated carbocycles. The van der Waals surface area contributed by atoms with Crippen molar-refractivity contribution in [2.45, 2.75) is 51.2 Å². The summed E-state index contributed by atoms with van der Waals surface area (Å²) in [4.78, 5) is 25.8. The van der Waals surface area contributed by atoms with Gasteiger partial charge in [0.2, 0.25) is 6.10 Å². The molecule has 0 bridgehead atoms. The minimum atomic E-state index is -0.644. The Balaban J connectivity index is 1.91. The number of carbonyl (C=O) groups is 2. The van der Waals surface area contributed by atoms with Crippen LogP contribution in [-0.2, 0) is 14.3 Å². The van der Waals surface area contributed by atoms with Crippen LogP contribution in [0.2, 0.25) is 0 Å². The molecule has 1 spiro atoms. The molecule has 1 aliphatic carbocycles. The second kappa shape index (κ2) is 5.87. The van der Waals surface area contributed by atoms with E-state index in [1.807, 2.05) is 29.2 Å². The van der Waals surface area contributed by atoms with E-state index in [4.69, 9.17) is 9.47 Å². The summed E-state index contributed by atoms with van der Waals surface area (Å²) in [6, 6.07) is 7.48. The molecule has 3 rings (SSSR count). The summed E-state index contributed by atoms with van der Waals surface area (Å²) in [5.41, 5.74) is 0.456. The van der Waals surface area contributed by atoms with E-state index in [-0.39, 0.29) is 11.4 Å². The van der Waals surface area contributed by atoms with Crippen molar-refractivity contribution in [1.29, 1.82) is 0 Å².